The Morgan fingerprint density at radius 2 is 2.04 bits per heavy atom. The lowest BCUT2D eigenvalue weighted by Crippen LogP contribution is -2.30. The zero-order valence-electron chi connectivity index (χ0n) is 13.9. The van der Waals surface area contributed by atoms with Crippen LogP contribution in [0.5, 0.6) is 0 Å². The largest absolute Gasteiger partial charge is 0.481 e. The molecule has 2 aliphatic rings. The molecule has 1 saturated heterocycles. The quantitative estimate of drug-likeness (QED) is 0.868. The third-order valence-electron chi connectivity index (χ3n) is 5.13. The van der Waals surface area contributed by atoms with Crippen molar-refractivity contribution < 1.29 is 14.7 Å². The van der Waals surface area contributed by atoms with Crippen molar-refractivity contribution in [2.45, 2.75) is 46.1 Å². The molecule has 0 bridgehead atoms. The summed E-state index contributed by atoms with van der Waals surface area (Å²) in [5.74, 6) is -0.362. The zero-order chi connectivity index (χ0) is 16.6. The Balaban J connectivity index is 1.50. The number of hydrogen-bond donors (Lipinski definition) is 1. The SMILES string of the molecule is Cc1cc(C)n(CCCC(=O)N2C[C@@H](C(=O)O)[C@H](C3CC3)C2)n1. The van der Waals surface area contributed by atoms with Gasteiger partial charge in [0.2, 0.25) is 5.91 Å². The molecule has 2 atom stereocenters. The summed E-state index contributed by atoms with van der Waals surface area (Å²) in [6, 6.07) is 2.03. The van der Waals surface area contributed by atoms with Crippen LogP contribution in [0.25, 0.3) is 0 Å². The van der Waals surface area contributed by atoms with E-state index in [1.807, 2.05) is 24.6 Å². The van der Waals surface area contributed by atoms with E-state index in [0.29, 0.717) is 25.4 Å². The molecule has 1 aromatic heterocycles. The molecule has 0 spiro atoms. The van der Waals surface area contributed by atoms with Gasteiger partial charge in [-0.3, -0.25) is 14.3 Å². The Morgan fingerprint density at radius 3 is 2.61 bits per heavy atom. The second-order valence-corrected chi connectivity index (χ2v) is 7.00. The molecule has 1 amide bonds. The van der Waals surface area contributed by atoms with E-state index in [2.05, 4.69) is 5.10 Å². The van der Waals surface area contributed by atoms with Crippen LogP contribution in [0.1, 0.15) is 37.1 Å². The van der Waals surface area contributed by atoms with Gasteiger partial charge in [-0.25, -0.2) is 0 Å². The highest BCUT2D eigenvalue weighted by atomic mass is 16.4. The Kier molecular flexibility index (Phi) is 4.41. The fourth-order valence-electron chi connectivity index (χ4n) is 3.74. The van der Waals surface area contributed by atoms with Gasteiger partial charge >= 0.3 is 5.97 Å². The number of nitrogens with zero attached hydrogens (tertiary/aromatic N) is 3. The lowest BCUT2D eigenvalue weighted by Gasteiger charge is -2.16. The molecular weight excluding hydrogens is 294 g/mol. The molecule has 23 heavy (non-hydrogen) atoms. The lowest BCUT2D eigenvalue weighted by atomic mass is 9.92. The first-order valence-electron chi connectivity index (χ1n) is 8.47. The van der Waals surface area contributed by atoms with Gasteiger partial charge in [0.25, 0.3) is 0 Å². The third-order valence-corrected chi connectivity index (χ3v) is 5.13. The summed E-state index contributed by atoms with van der Waals surface area (Å²) in [5.41, 5.74) is 2.10. The molecule has 1 aromatic rings. The zero-order valence-corrected chi connectivity index (χ0v) is 13.9. The molecule has 1 aliphatic carbocycles. The van der Waals surface area contributed by atoms with Crippen molar-refractivity contribution in [2.75, 3.05) is 13.1 Å². The minimum Gasteiger partial charge on any atom is -0.481 e. The maximum atomic E-state index is 12.4. The number of carbonyl (C=O) groups is 2. The smallest absolute Gasteiger partial charge is 0.308 e. The molecule has 0 radical (unpaired) electrons. The summed E-state index contributed by atoms with van der Waals surface area (Å²) < 4.78 is 1.93. The van der Waals surface area contributed by atoms with Crippen LogP contribution >= 0.6 is 0 Å². The van der Waals surface area contributed by atoms with E-state index >= 15 is 0 Å². The number of hydrogen-bond acceptors (Lipinski definition) is 3. The topological polar surface area (TPSA) is 75.4 Å². The van der Waals surface area contributed by atoms with Crippen molar-refractivity contribution in [3.05, 3.63) is 17.5 Å². The molecular formula is C17H25N3O3. The molecule has 126 valence electrons. The van der Waals surface area contributed by atoms with E-state index in [9.17, 15) is 14.7 Å². The summed E-state index contributed by atoms with van der Waals surface area (Å²) in [5, 5.41) is 13.8. The van der Waals surface area contributed by atoms with Crippen LogP contribution in [-0.4, -0.2) is 44.8 Å². The summed E-state index contributed by atoms with van der Waals surface area (Å²) in [6.45, 7) is 5.71. The van der Waals surface area contributed by atoms with Gasteiger partial charge in [-0.05, 0) is 51.0 Å². The van der Waals surface area contributed by atoms with Crippen LogP contribution in [0.15, 0.2) is 6.07 Å². The Bertz CT molecular complexity index is 606. The van der Waals surface area contributed by atoms with Crippen molar-refractivity contribution in [1.82, 2.24) is 14.7 Å². The predicted octanol–water partition coefficient (Wildman–Crippen LogP) is 1.85. The van der Waals surface area contributed by atoms with Crippen molar-refractivity contribution in [3.8, 4) is 0 Å². The molecule has 1 saturated carbocycles. The van der Waals surface area contributed by atoms with Crippen LogP contribution in [0, 0.1) is 31.6 Å². The number of aryl methyl sites for hydroxylation is 3. The first-order chi connectivity index (χ1) is 11.0. The molecule has 1 N–H and O–H groups in total. The minimum absolute atomic E-state index is 0.0842. The number of likely N-dealkylation sites (tertiary alicyclic amines) is 1. The molecule has 6 nitrogen and oxygen atoms in total. The highest BCUT2D eigenvalue weighted by molar-refractivity contribution is 5.79. The van der Waals surface area contributed by atoms with Crippen molar-refractivity contribution in [3.63, 3.8) is 0 Å². The van der Waals surface area contributed by atoms with E-state index in [-0.39, 0.29) is 17.7 Å². The first kappa shape index (κ1) is 16.0. The van der Waals surface area contributed by atoms with Gasteiger partial charge in [0, 0.05) is 31.7 Å². The van der Waals surface area contributed by atoms with E-state index < -0.39 is 5.97 Å². The fourth-order valence-corrected chi connectivity index (χ4v) is 3.74. The number of amides is 1. The van der Waals surface area contributed by atoms with Gasteiger partial charge in [0.15, 0.2) is 0 Å². The normalized spacial score (nSPS) is 24.2. The highest BCUT2D eigenvalue weighted by Crippen LogP contribution is 2.44. The summed E-state index contributed by atoms with van der Waals surface area (Å²) in [4.78, 5) is 25.6. The van der Waals surface area contributed by atoms with Gasteiger partial charge in [-0.15, -0.1) is 0 Å². The Hall–Kier alpha value is -1.85. The molecule has 2 heterocycles. The van der Waals surface area contributed by atoms with Crippen LogP contribution < -0.4 is 0 Å². The average molecular weight is 319 g/mol. The second kappa shape index (κ2) is 6.34. The molecule has 3 rings (SSSR count). The maximum Gasteiger partial charge on any atom is 0.308 e. The van der Waals surface area contributed by atoms with Crippen LogP contribution in [0.2, 0.25) is 0 Å². The monoisotopic (exact) mass is 319 g/mol. The van der Waals surface area contributed by atoms with Gasteiger partial charge < -0.3 is 10.0 Å². The van der Waals surface area contributed by atoms with Gasteiger partial charge in [-0.2, -0.15) is 5.10 Å². The standard InChI is InChI=1S/C17H25N3O3/c1-11-8-12(2)20(18-11)7-3-4-16(21)19-9-14(13-5-6-13)15(10-19)17(22)23/h8,13-15H,3-7,9-10H2,1-2H3,(H,22,23)/t14-,15+/m0/s1. The number of aliphatic carboxylic acids is 1. The highest BCUT2D eigenvalue weighted by Gasteiger charge is 2.46. The van der Waals surface area contributed by atoms with Crippen LogP contribution in [0.3, 0.4) is 0 Å². The average Bonchev–Trinajstić information content (AvgIpc) is 3.14. The van der Waals surface area contributed by atoms with E-state index in [1.165, 1.54) is 0 Å². The predicted molar refractivity (Wildman–Crippen MR) is 84.9 cm³/mol. The number of carboxylic acid groups (broad SMARTS) is 1. The Labute approximate surface area is 136 Å². The van der Waals surface area contributed by atoms with E-state index in [1.54, 1.807) is 4.90 Å². The van der Waals surface area contributed by atoms with Crippen molar-refractivity contribution >= 4 is 11.9 Å². The summed E-state index contributed by atoms with van der Waals surface area (Å²) in [7, 11) is 0. The molecule has 6 heteroatoms. The third kappa shape index (κ3) is 3.57. The maximum absolute atomic E-state index is 12.4. The lowest BCUT2D eigenvalue weighted by molar-refractivity contribution is -0.142. The van der Waals surface area contributed by atoms with Gasteiger partial charge in [0.1, 0.15) is 0 Å². The van der Waals surface area contributed by atoms with Crippen LogP contribution in [-0.2, 0) is 16.1 Å². The van der Waals surface area contributed by atoms with Crippen molar-refractivity contribution in [1.29, 1.82) is 0 Å². The summed E-state index contributed by atoms with van der Waals surface area (Å²) >= 11 is 0. The number of carbonyl (C=O) groups excluding carboxylic acids is 1. The van der Waals surface area contributed by atoms with Gasteiger partial charge in [-0.1, -0.05) is 0 Å². The van der Waals surface area contributed by atoms with E-state index in [4.69, 9.17) is 0 Å². The van der Waals surface area contributed by atoms with Crippen molar-refractivity contribution in [2.24, 2.45) is 17.8 Å². The Morgan fingerprint density at radius 1 is 1.30 bits per heavy atom. The van der Waals surface area contributed by atoms with Crippen LogP contribution in [0.4, 0.5) is 0 Å². The number of carboxylic acids is 1. The first-order valence-corrected chi connectivity index (χ1v) is 8.47. The molecule has 2 fully saturated rings. The van der Waals surface area contributed by atoms with E-state index in [0.717, 1.165) is 37.2 Å². The second-order valence-electron chi connectivity index (χ2n) is 7.00. The molecule has 0 unspecified atom stereocenters. The number of aromatic nitrogens is 2. The minimum atomic E-state index is -0.750. The fraction of sp³-hybridized carbons (Fsp3) is 0.706. The number of rotatable bonds is 6. The van der Waals surface area contributed by atoms with Gasteiger partial charge in [0.05, 0.1) is 11.6 Å². The molecule has 1 aliphatic heterocycles. The summed E-state index contributed by atoms with van der Waals surface area (Å²) in [6.07, 6.45) is 3.44. The molecule has 0 aromatic carbocycles.